The number of halogens is 4. The van der Waals surface area contributed by atoms with Gasteiger partial charge in [-0.15, -0.1) is 0 Å². The summed E-state index contributed by atoms with van der Waals surface area (Å²) < 4.78 is 20.0. The van der Waals surface area contributed by atoms with Gasteiger partial charge in [-0.3, -0.25) is 9.79 Å². The van der Waals surface area contributed by atoms with Crippen LogP contribution in [0.25, 0.3) is 5.76 Å². The summed E-state index contributed by atoms with van der Waals surface area (Å²) in [6.07, 6.45) is 0. The van der Waals surface area contributed by atoms with Crippen LogP contribution in [-0.2, 0) is 18.6 Å². The third-order valence-corrected chi connectivity index (χ3v) is 4.54. The fourth-order valence-corrected chi connectivity index (χ4v) is 2.90. The van der Waals surface area contributed by atoms with Crippen molar-refractivity contribution in [2.24, 2.45) is 0 Å². The van der Waals surface area contributed by atoms with Crippen LogP contribution in [0.1, 0.15) is 12.5 Å². The predicted octanol–water partition coefficient (Wildman–Crippen LogP) is 4.38. The van der Waals surface area contributed by atoms with Gasteiger partial charge in [0.2, 0.25) is 0 Å². The summed E-state index contributed by atoms with van der Waals surface area (Å²) in [4.78, 5) is 29.8. The van der Waals surface area contributed by atoms with Gasteiger partial charge >= 0.3 is 13.8 Å². The molecule has 1 aromatic carbocycles. The average Bonchev–Trinajstić information content (AvgIpc) is 2.41. The first-order valence-electron chi connectivity index (χ1n) is 5.54. The molecule has 0 bridgehead atoms. The third kappa shape index (κ3) is 5.13. The van der Waals surface area contributed by atoms with Crippen molar-refractivity contribution in [2.75, 3.05) is 6.61 Å². The number of phosphoric acid groups is 1. The number of hydrogen-bond acceptors (Lipinski definition) is 4. The molecule has 1 rings (SSSR count). The van der Waals surface area contributed by atoms with Crippen LogP contribution in [0.4, 0.5) is 0 Å². The van der Waals surface area contributed by atoms with E-state index in [1.165, 1.54) is 12.1 Å². The number of esters is 1. The van der Waals surface area contributed by atoms with Crippen LogP contribution in [-0.4, -0.2) is 22.4 Å². The van der Waals surface area contributed by atoms with E-state index in [-0.39, 0.29) is 31.7 Å². The summed E-state index contributed by atoms with van der Waals surface area (Å²) >= 11 is 20.5. The lowest BCUT2D eigenvalue weighted by atomic mass is 10.2. The quantitative estimate of drug-likeness (QED) is 0.226. The average molecular weight is 454 g/mol. The number of rotatable bonds is 5. The van der Waals surface area contributed by atoms with Gasteiger partial charge in [0.15, 0.2) is 5.76 Å². The molecule has 0 saturated carbocycles. The SMILES string of the molecule is CCOC(=O)C(Br)=C(OP(=O)(O)O)c1ccc(Cl)c(Cl)c1Cl. The highest BCUT2D eigenvalue weighted by molar-refractivity contribution is 9.12. The lowest BCUT2D eigenvalue weighted by Gasteiger charge is -2.15. The zero-order valence-corrected chi connectivity index (χ0v) is 15.6. The molecule has 11 heteroatoms. The fourth-order valence-electron chi connectivity index (χ4n) is 1.31. The van der Waals surface area contributed by atoms with E-state index in [0.717, 1.165) is 0 Å². The molecule has 0 amide bonds. The van der Waals surface area contributed by atoms with E-state index in [1.807, 2.05) is 0 Å². The van der Waals surface area contributed by atoms with Crippen LogP contribution in [0.15, 0.2) is 16.6 Å². The van der Waals surface area contributed by atoms with E-state index in [9.17, 15) is 9.36 Å². The van der Waals surface area contributed by atoms with Gasteiger partial charge in [-0.2, -0.15) is 0 Å². The van der Waals surface area contributed by atoms with Gasteiger partial charge in [0.05, 0.1) is 21.7 Å². The first kappa shape index (κ1) is 19.8. The second-order valence-corrected chi connectivity index (χ2v) is 6.79. The number of carbonyl (C=O) groups excluding carboxylic acids is 1. The van der Waals surface area contributed by atoms with Crippen LogP contribution < -0.4 is 0 Å². The smallest absolute Gasteiger partial charge is 0.462 e. The Bertz CT molecular complexity index is 672. The molecule has 0 spiro atoms. The van der Waals surface area contributed by atoms with Crippen molar-refractivity contribution in [2.45, 2.75) is 6.92 Å². The minimum atomic E-state index is -4.98. The molecule has 0 aliphatic rings. The van der Waals surface area contributed by atoms with Crippen molar-refractivity contribution < 1.29 is 28.4 Å². The Hall–Kier alpha value is -0.270. The Labute approximate surface area is 149 Å². The Morgan fingerprint density at radius 1 is 1.27 bits per heavy atom. The fraction of sp³-hybridized carbons (Fsp3) is 0.182. The zero-order chi connectivity index (χ0) is 17.1. The Morgan fingerprint density at radius 3 is 2.36 bits per heavy atom. The second kappa shape index (κ2) is 8.02. The maximum Gasteiger partial charge on any atom is 0.524 e. The van der Waals surface area contributed by atoms with Gasteiger partial charge in [0.25, 0.3) is 0 Å². The van der Waals surface area contributed by atoms with E-state index in [2.05, 4.69) is 20.5 Å². The van der Waals surface area contributed by atoms with E-state index in [1.54, 1.807) is 6.92 Å². The molecule has 22 heavy (non-hydrogen) atoms. The molecule has 0 aromatic heterocycles. The van der Waals surface area contributed by atoms with Gasteiger partial charge < -0.3 is 9.26 Å². The minimum absolute atomic E-state index is 0.0423. The zero-order valence-electron chi connectivity index (χ0n) is 10.8. The molecule has 0 heterocycles. The van der Waals surface area contributed by atoms with Crippen molar-refractivity contribution in [3.63, 3.8) is 0 Å². The monoisotopic (exact) mass is 452 g/mol. The van der Waals surface area contributed by atoms with E-state index < -0.39 is 19.6 Å². The maximum absolute atomic E-state index is 11.7. The molecule has 1 aromatic rings. The Morgan fingerprint density at radius 2 is 1.86 bits per heavy atom. The van der Waals surface area contributed by atoms with Crippen molar-refractivity contribution in [1.82, 2.24) is 0 Å². The normalized spacial score (nSPS) is 12.7. The highest BCUT2D eigenvalue weighted by atomic mass is 79.9. The second-order valence-electron chi connectivity index (χ2n) is 3.67. The number of benzene rings is 1. The highest BCUT2D eigenvalue weighted by Crippen LogP contribution is 2.47. The number of carbonyl (C=O) groups is 1. The molecule has 0 fully saturated rings. The molecular formula is C11H9BrCl3O6P. The van der Waals surface area contributed by atoms with E-state index in [4.69, 9.17) is 49.3 Å². The van der Waals surface area contributed by atoms with Gasteiger partial charge in [-0.25, -0.2) is 9.36 Å². The summed E-state index contributed by atoms with van der Waals surface area (Å²) in [5.41, 5.74) is -0.0423. The largest absolute Gasteiger partial charge is 0.524 e. The van der Waals surface area contributed by atoms with Crippen LogP contribution >= 0.6 is 58.6 Å². The molecule has 0 saturated heterocycles. The van der Waals surface area contributed by atoms with Crippen molar-refractivity contribution >= 4 is 70.3 Å². The lowest BCUT2D eigenvalue weighted by molar-refractivity contribution is -0.137. The van der Waals surface area contributed by atoms with Crippen LogP contribution in [0, 0.1) is 0 Å². The maximum atomic E-state index is 11.7. The summed E-state index contributed by atoms with van der Waals surface area (Å²) in [6, 6.07) is 2.63. The van der Waals surface area contributed by atoms with Crippen LogP contribution in [0.5, 0.6) is 0 Å². The standard InChI is InChI=1S/C11H9BrCl3O6P/c1-2-20-11(16)7(12)10(21-22(17,18)19)5-3-4-6(13)9(15)8(5)14/h3-4H,2H2,1H3,(H2,17,18,19). The molecule has 6 nitrogen and oxygen atoms in total. The summed E-state index contributed by atoms with van der Waals surface area (Å²) in [5, 5.41) is -0.0751. The topological polar surface area (TPSA) is 93.1 Å². The van der Waals surface area contributed by atoms with Crippen molar-refractivity contribution in [3.8, 4) is 0 Å². The summed E-state index contributed by atoms with van der Waals surface area (Å²) in [5.74, 6) is -1.41. The summed E-state index contributed by atoms with van der Waals surface area (Å²) in [6.45, 7) is 1.61. The van der Waals surface area contributed by atoms with Crippen LogP contribution in [0.3, 0.4) is 0 Å². The highest BCUT2D eigenvalue weighted by Gasteiger charge is 2.27. The van der Waals surface area contributed by atoms with E-state index >= 15 is 0 Å². The first-order chi connectivity index (χ1) is 10.1. The molecule has 122 valence electrons. The number of ether oxygens (including phenoxy) is 1. The van der Waals surface area contributed by atoms with Gasteiger partial charge in [0.1, 0.15) is 4.48 Å². The number of hydrogen-bond donors (Lipinski definition) is 2. The minimum Gasteiger partial charge on any atom is -0.462 e. The lowest BCUT2D eigenvalue weighted by Crippen LogP contribution is -2.07. The molecule has 0 aliphatic heterocycles. The first-order valence-corrected chi connectivity index (χ1v) is 9.00. The van der Waals surface area contributed by atoms with Gasteiger partial charge in [0, 0.05) is 5.56 Å². The van der Waals surface area contributed by atoms with Crippen molar-refractivity contribution in [3.05, 3.63) is 37.2 Å². The molecule has 0 atom stereocenters. The van der Waals surface area contributed by atoms with E-state index in [0.29, 0.717) is 0 Å². The van der Waals surface area contributed by atoms with Crippen molar-refractivity contribution in [1.29, 1.82) is 0 Å². The molecule has 0 aliphatic carbocycles. The predicted molar refractivity (Wildman–Crippen MR) is 87.1 cm³/mol. The molecular weight excluding hydrogens is 445 g/mol. The van der Waals surface area contributed by atoms with Crippen LogP contribution in [0.2, 0.25) is 15.1 Å². The third-order valence-electron chi connectivity index (χ3n) is 2.14. The number of phosphoric ester groups is 1. The Balaban J connectivity index is 3.52. The van der Waals surface area contributed by atoms with Gasteiger partial charge in [-0.1, -0.05) is 34.8 Å². The summed E-state index contributed by atoms with van der Waals surface area (Å²) in [7, 11) is -4.98. The Kier molecular flexibility index (Phi) is 7.20. The molecule has 0 radical (unpaired) electrons. The molecule has 0 unspecified atom stereocenters. The van der Waals surface area contributed by atoms with Gasteiger partial charge in [-0.05, 0) is 35.0 Å². The molecule has 2 N–H and O–H groups in total.